The van der Waals surface area contributed by atoms with Crippen LogP contribution in [-0.2, 0) is 4.43 Å². The number of alkyl halides is 3. The molecule has 0 heterocycles. The van der Waals surface area contributed by atoms with Crippen molar-refractivity contribution in [3.05, 3.63) is 0 Å². The summed E-state index contributed by atoms with van der Waals surface area (Å²) in [5.74, 6) is 0. The first-order valence-electron chi connectivity index (χ1n) is 0.975. The number of hydrogen-bond donors (Lipinski definition) is 0. The van der Waals surface area contributed by atoms with Crippen molar-refractivity contribution in [3.63, 3.8) is 0 Å². The maximum Gasteiger partial charge on any atom is 0.512 e. The molecule has 0 aromatic heterocycles. The minimum atomic E-state index is -4.54. The van der Waals surface area contributed by atoms with Crippen LogP contribution < -0.4 is 0 Å². The van der Waals surface area contributed by atoms with Crippen molar-refractivity contribution in [2.75, 3.05) is 0 Å². The van der Waals surface area contributed by atoms with Gasteiger partial charge in [0.1, 0.15) is 0 Å². The molecule has 0 fully saturated rings. The lowest BCUT2D eigenvalue weighted by Crippen LogP contribution is -2.09. The second-order valence-corrected chi connectivity index (χ2v) is 0.752. The predicted octanol–water partition coefficient (Wildman–Crippen LogP) is 0.606. The average molecular weight is 113 g/mol. The van der Waals surface area contributed by atoms with E-state index in [1.54, 1.807) is 10.5 Å². The van der Waals surface area contributed by atoms with E-state index in [2.05, 4.69) is 4.43 Å². The summed E-state index contributed by atoms with van der Waals surface area (Å²) in [6.07, 6.45) is -4.54. The third kappa shape index (κ3) is 3.97. The van der Waals surface area contributed by atoms with E-state index in [0.29, 0.717) is 0 Å². The summed E-state index contributed by atoms with van der Waals surface area (Å²) < 4.78 is 34.3. The summed E-state index contributed by atoms with van der Waals surface area (Å²) in [5.41, 5.74) is 0. The van der Waals surface area contributed by atoms with Gasteiger partial charge in [0.05, 0.1) is 0 Å². The summed E-state index contributed by atoms with van der Waals surface area (Å²) in [6.45, 7) is 0. The molecule has 0 unspecified atom stereocenters. The molecule has 0 atom stereocenters. The van der Waals surface area contributed by atoms with Gasteiger partial charge in [-0.1, -0.05) is 0 Å². The van der Waals surface area contributed by atoms with Gasteiger partial charge in [0, 0.05) is 0 Å². The standard InChI is InChI=1S/CF3OSi/c2-1(3,4)5-6. The minimum absolute atomic E-state index is 1.79. The van der Waals surface area contributed by atoms with Crippen molar-refractivity contribution in [1.29, 1.82) is 0 Å². The van der Waals surface area contributed by atoms with Crippen LogP contribution in [0.4, 0.5) is 13.2 Å². The van der Waals surface area contributed by atoms with Crippen LogP contribution in [0.2, 0.25) is 0 Å². The van der Waals surface area contributed by atoms with Crippen molar-refractivity contribution in [3.8, 4) is 0 Å². The molecule has 0 amide bonds. The molecule has 5 heteroatoms. The van der Waals surface area contributed by atoms with Crippen LogP contribution in [0.25, 0.3) is 0 Å². The highest BCUT2D eigenvalue weighted by atomic mass is 28.2. The fraction of sp³-hybridized carbons (Fsp3) is 1.00. The molecule has 0 aliphatic carbocycles. The van der Waals surface area contributed by atoms with Gasteiger partial charge in [-0.3, -0.25) is 0 Å². The van der Waals surface area contributed by atoms with E-state index < -0.39 is 6.36 Å². The summed E-state index contributed by atoms with van der Waals surface area (Å²) >= 11 is 0. The van der Waals surface area contributed by atoms with Gasteiger partial charge in [-0.05, 0) is 0 Å². The van der Waals surface area contributed by atoms with Crippen LogP contribution in [-0.4, -0.2) is 16.8 Å². The molecule has 1 nitrogen and oxygen atoms in total. The van der Waals surface area contributed by atoms with Crippen molar-refractivity contribution >= 4 is 10.5 Å². The van der Waals surface area contributed by atoms with Crippen LogP contribution in [0, 0.1) is 0 Å². The normalized spacial score (nSPS) is 12.0. The Kier molecular flexibility index (Phi) is 1.60. The van der Waals surface area contributed by atoms with Crippen molar-refractivity contribution in [2.24, 2.45) is 0 Å². The van der Waals surface area contributed by atoms with E-state index in [0.717, 1.165) is 0 Å². The topological polar surface area (TPSA) is 9.23 Å². The smallest absolute Gasteiger partial charge is 0.336 e. The van der Waals surface area contributed by atoms with Crippen LogP contribution in [0.5, 0.6) is 0 Å². The molecule has 0 saturated carbocycles. The van der Waals surface area contributed by atoms with E-state index in [-0.39, 0.29) is 0 Å². The van der Waals surface area contributed by atoms with Crippen molar-refractivity contribution in [1.82, 2.24) is 0 Å². The molecule has 0 aliphatic rings. The lowest BCUT2D eigenvalue weighted by atomic mass is 11.4. The first-order chi connectivity index (χ1) is 2.56. The summed E-state index contributed by atoms with van der Waals surface area (Å²) in [7, 11) is 1.79. The second kappa shape index (κ2) is 1.61. The van der Waals surface area contributed by atoms with E-state index >= 15 is 0 Å². The van der Waals surface area contributed by atoms with Gasteiger partial charge >= 0.3 is 6.36 Å². The largest absolute Gasteiger partial charge is 0.512 e. The Hall–Kier alpha value is -0.0331. The Morgan fingerprint density at radius 1 is 1.33 bits per heavy atom. The maximum atomic E-state index is 10.5. The fourth-order valence-electron chi connectivity index (χ4n) is 0. The molecule has 35 valence electrons. The summed E-state index contributed by atoms with van der Waals surface area (Å²) in [5, 5.41) is 0. The SMILES string of the molecule is FC(F)(F)O[Si]. The Bertz CT molecular complexity index is 40.5. The van der Waals surface area contributed by atoms with Gasteiger partial charge in [0.25, 0.3) is 10.5 Å². The van der Waals surface area contributed by atoms with Gasteiger partial charge in [-0.25, -0.2) is 0 Å². The molecule has 0 aromatic carbocycles. The Morgan fingerprint density at radius 3 is 1.50 bits per heavy atom. The number of halogens is 3. The zero-order valence-corrected chi connectivity index (χ0v) is 3.54. The highest BCUT2D eigenvalue weighted by molar-refractivity contribution is 5.98. The maximum absolute atomic E-state index is 10.5. The van der Waals surface area contributed by atoms with Crippen LogP contribution in [0.1, 0.15) is 0 Å². The minimum Gasteiger partial charge on any atom is -0.336 e. The first-order valence-corrected chi connectivity index (χ1v) is 1.38. The molecule has 0 aliphatic heterocycles. The van der Waals surface area contributed by atoms with Gasteiger partial charge in [0.15, 0.2) is 0 Å². The van der Waals surface area contributed by atoms with E-state index in [4.69, 9.17) is 0 Å². The molecule has 0 bridgehead atoms. The number of hydrogen-bond acceptors (Lipinski definition) is 1. The third-order valence-electron chi connectivity index (χ3n) is 0.116. The van der Waals surface area contributed by atoms with Crippen molar-refractivity contribution < 1.29 is 17.6 Å². The monoisotopic (exact) mass is 113 g/mol. The van der Waals surface area contributed by atoms with Crippen molar-refractivity contribution in [2.45, 2.75) is 6.36 Å². The molecule has 0 saturated heterocycles. The average Bonchev–Trinajstić information content (AvgIpc) is 1.35. The molecule has 0 spiro atoms. The third-order valence-corrected chi connectivity index (χ3v) is 0.347. The van der Waals surface area contributed by atoms with Gasteiger partial charge in [-0.15, -0.1) is 13.2 Å². The zero-order valence-electron chi connectivity index (χ0n) is 2.54. The Labute approximate surface area is 35.6 Å². The number of rotatable bonds is 0. The van der Waals surface area contributed by atoms with E-state index in [1.165, 1.54) is 0 Å². The highest BCUT2D eigenvalue weighted by Crippen LogP contribution is 2.12. The summed E-state index contributed by atoms with van der Waals surface area (Å²) in [4.78, 5) is 0. The predicted molar refractivity (Wildman–Crippen MR) is 12.9 cm³/mol. The molecule has 6 heavy (non-hydrogen) atoms. The van der Waals surface area contributed by atoms with Gasteiger partial charge in [0.2, 0.25) is 0 Å². The van der Waals surface area contributed by atoms with Crippen LogP contribution in [0.15, 0.2) is 0 Å². The fourth-order valence-corrected chi connectivity index (χ4v) is 0. The quantitative estimate of drug-likeness (QED) is 0.418. The molecule has 0 aromatic rings. The molecule has 0 rings (SSSR count). The highest BCUT2D eigenvalue weighted by Gasteiger charge is 2.25. The van der Waals surface area contributed by atoms with Crippen LogP contribution in [0.3, 0.4) is 0 Å². The lowest BCUT2D eigenvalue weighted by Gasteiger charge is -1.97. The van der Waals surface area contributed by atoms with Gasteiger partial charge < -0.3 is 4.43 Å². The molecule has 3 radical (unpaired) electrons. The van der Waals surface area contributed by atoms with E-state index in [9.17, 15) is 13.2 Å². The molecular weight excluding hydrogens is 113 g/mol. The Balaban J connectivity index is 3.17. The molecule has 0 N–H and O–H groups in total. The zero-order chi connectivity index (χ0) is 5.21. The Morgan fingerprint density at radius 2 is 1.50 bits per heavy atom. The summed E-state index contributed by atoms with van der Waals surface area (Å²) in [6, 6.07) is 0. The van der Waals surface area contributed by atoms with E-state index in [1.807, 2.05) is 0 Å². The lowest BCUT2D eigenvalue weighted by molar-refractivity contribution is -0.273. The molecular formula is CF3OSi. The second-order valence-electron chi connectivity index (χ2n) is 0.548. The van der Waals surface area contributed by atoms with Gasteiger partial charge in [-0.2, -0.15) is 0 Å². The first kappa shape index (κ1) is 5.97. The van der Waals surface area contributed by atoms with Crippen LogP contribution >= 0.6 is 0 Å².